The van der Waals surface area contributed by atoms with Crippen LogP contribution in [0.3, 0.4) is 0 Å². The standard InChI is InChI=1S/C14H23N3O4S/c1-10(2)21-6-3-5-15-11(18)8-17-12(19)14(16-13(17)20)4-7-22-9-14/h10H,3-9H2,1-2H3,(H,15,18)(H,16,20). The molecule has 0 aromatic rings. The van der Waals surface area contributed by atoms with Crippen molar-refractivity contribution in [3.63, 3.8) is 0 Å². The molecule has 124 valence electrons. The van der Waals surface area contributed by atoms with Crippen molar-refractivity contribution < 1.29 is 19.1 Å². The van der Waals surface area contributed by atoms with Crippen molar-refractivity contribution in [3.05, 3.63) is 0 Å². The van der Waals surface area contributed by atoms with Crippen LogP contribution in [0.4, 0.5) is 4.79 Å². The van der Waals surface area contributed by atoms with Gasteiger partial charge in [-0.3, -0.25) is 14.5 Å². The second-order valence-corrected chi connectivity index (χ2v) is 6.93. The van der Waals surface area contributed by atoms with Gasteiger partial charge in [-0.15, -0.1) is 0 Å². The molecule has 0 aromatic heterocycles. The highest BCUT2D eigenvalue weighted by Crippen LogP contribution is 2.33. The highest BCUT2D eigenvalue weighted by Gasteiger charge is 2.53. The molecule has 0 saturated carbocycles. The number of ether oxygens (including phenoxy) is 1. The first-order valence-corrected chi connectivity index (χ1v) is 8.70. The third-order valence-corrected chi connectivity index (χ3v) is 4.85. The molecule has 1 spiro atoms. The normalized spacial score (nSPS) is 24.4. The monoisotopic (exact) mass is 329 g/mol. The molecular weight excluding hydrogens is 306 g/mol. The first-order valence-electron chi connectivity index (χ1n) is 7.55. The minimum Gasteiger partial charge on any atom is -0.379 e. The van der Waals surface area contributed by atoms with E-state index in [-0.39, 0.29) is 24.5 Å². The quantitative estimate of drug-likeness (QED) is 0.520. The van der Waals surface area contributed by atoms with E-state index in [0.29, 0.717) is 31.7 Å². The molecule has 2 aliphatic rings. The van der Waals surface area contributed by atoms with Gasteiger partial charge in [0.05, 0.1) is 6.10 Å². The number of amides is 4. The molecule has 2 aliphatic heterocycles. The smallest absolute Gasteiger partial charge is 0.325 e. The SMILES string of the molecule is CC(C)OCCCNC(=O)CN1C(=O)NC2(CCSC2)C1=O. The van der Waals surface area contributed by atoms with Gasteiger partial charge in [-0.1, -0.05) is 0 Å². The van der Waals surface area contributed by atoms with E-state index in [9.17, 15) is 14.4 Å². The van der Waals surface area contributed by atoms with Gasteiger partial charge < -0.3 is 15.4 Å². The van der Waals surface area contributed by atoms with Crippen LogP contribution in [0.5, 0.6) is 0 Å². The van der Waals surface area contributed by atoms with Gasteiger partial charge in [0.2, 0.25) is 5.91 Å². The number of hydrogen-bond acceptors (Lipinski definition) is 5. The molecule has 7 nitrogen and oxygen atoms in total. The van der Waals surface area contributed by atoms with Crippen LogP contribution in [-0.4, -0.2) is 65.6 Å². The highest BCUT2D eigenvalue weighted by atomic mass is 32.2. The lowest BCUT2D eigenvalue weighted by atomic mass is 9.99. The van der Waals surface area contributed by atoms with E-state index < -0.39 is 11.6 Å². The van der Waals surface area contributed by atoms with Gasteiger partial charge >= 0.3 is 6.03 Å². The van der Waals surface area contributed by atoms with Gasteiger partial charge in [-0.05, 0) is 32.4 Å². The van der Waals surface area contributed by atoms with E-state index in [4.69, 9.17) is 4.74 Å². The van der Waals surface area contributed by atoms with E-state index in [2.05, 4.69) is 10.6 Å². The van der Waals surface area contributed by atoms with Crippen LogP contribution in [0.15, 0.2) is 0 Å². The summed E-state index contributed by atoms with van der Waals surface area (Å²) in [5.41, 5.74) is -0.785. The zero-order valence-corrected chi connectivity index (χ0v) is 13.8. The second kappa shape index (κ2) is 7.32. The fourth-order valence-corrected chi connectivity index (χ4v) is 3.80. The Kier molecular flexibility index (Phi) is 5.69. The third-order valence-electron chi connectivity index (χ3n) is 3.66. The Bertz CT molecular complexity index is 449. The molecule has 0 bridgehead atoms. The minimum atomic E-state index is -0.785. The number of urea groups is 1. The average molecular weight is 329 g/mol. The lowest BCUT2D eigenvalue weighted by Gasteiger charge is -2.19. The molecule has 22 heavy (non-hydrogen) atoms. The first kappa shape index (κ1) is 17.1. The number of carbonyl (C=O) groups is 3. The molecule has 8 heteroatoms. The Morgan fingerprint density at radius 3 is 2.91 bits per heavy atom. The van der Waals surface area contributed by atoms with E-state index in [1.165, 1.54) is 0 Å². The maximum Gasteiger partial charge on any atom is 0.325 e. The second-order valence-electron chi connectivity index (χ2n) is 5.83. The molecule has 4 amide bonds. The summed E-state index contributed by atoms with van der Waals surface area (Å²) in [7, 11) is 0. The molecule has 2 N–H and O–H groups in total. The molecule has 0 aromatic carbocycles. The lowest BCUT2D eigenvalue weighted by Crippen LogP contribution is -2.47. The van der Waals surface area contributed by atoms with Crippen LogP contribution >= 0.6 is 11.8 Å². The number of carbonyl (C=O) groups excluding carboxylic acids is 3. The van der Waals surface area contributed by atoms with Crippen LogP contribution < -0.4 is 10.6 Å². The zero-order chi connectivity index (χ0) is 16.2. The van der Waals surface area contributed by atoms with Crippen molar-refractivity contribution in [2.24, 2.45) is 0 Å². The van der Waals surface area contributed by atoms with Crippen molar-refractivity contribution in [2.45, 2.75) is 38.3 Å². The van der Waals surface area contributed by atoms with Crippen LogP contribution in [0.1, 0.15) is 26.7 Å². The molecule has 2 fully saturated rings. The number of hydrogen-bond donors (Lipinski definition) is 2. The van der Waals surface area contributed by atoms with Crippen LogP contribution in [-0.2, 0) is 14.3 Å². The minimum absolute atomic E-state index is 0.169. The summed E-state index contributed by atoms with van der Waals surface area (Å²) in [6.07, 6.45) is 1.50. The van der Waals surface area contributed by atoms with Crippen LogP contribution in [0.2, 0.25) is 0 Å². The lowest BCUT2D eigenvalue weighted by molar-refractivity contribution is -0.134. The van der Waals surface area contributed by atoms with Crippen LogP contribution in [0.25, 0.3) is 0 Å². The van der Waals surface area contributed by atoms with E-state index in [0.717, 1.165) is 10.7 Å². The summed E-state index contributed by atoms with van der Waals surface area (Å²) in [6.45, 7) is 4.72. The molecule has 1 unspecified atom stereocenters. The number of nitrogens with one attached hydrogen (secondary N) is 2. The number of nitrogens with zero attached hydrogens (tertiary/aromatic N) is 1. The number of rotatable bonds is 7. The van der Waals surface area contributed by atoms with Crippen molar-refractivity contribution in [2.75, 3.05) is 31.2 Å². The van der Waals surface area contributed by atoms with Crippen molar-refractivity contribution in [3.8, 4) is 0 Å². The van der Waals surface area contributed by atoms with Gasteiger partial charge in [0.15, 0.2) is 0 Å². The largest absolute Gasteiger partial charge is 0.379 e. The maximum atomic E-state index is 12.4. The zero-order valence-electron chi connectivity index (χ0n) is 13.0. The van der Waals surface area contributed by atoms with Crippen molar-refractivity contribution in [1.29, 1.82) is 0 Å². The maximum absolute atomic E-state index is 12.4. The Hall–Kier alpha value is -1.28. The first-order chi connectivity index (χ1) is 10.4. The van der Waals surface area contributed by atoms with E-state index in [1.807, 2.05) is 13.8 Å². The Balaban J connectivity index is 1.74. The highest BCUT2D eigenvalue weighted by molar-refractivity contribution is 7.99. The Labute approximate surface area is 134 Å². The van der Waals surface area contributed by atoms with E-state index >= 15 is 0 Å². The predicted octanol–water partition coefficient (Wildman–Crippen LogP) is 0.345. The van der Waals surface area contributed by atoms with Crippen LogP contribution in [0, 0.1) is 0 Å². The fourth-order valence-electron chi connectivity index (χ4n) is 2.47. The summed E-state index contributed by atoms with van der Waals surface area (Å²) >= 11 is 1.64. The van der Waals surface area contributed by atoms with Gasteiger partial charge in [0.25, 0.3) is 5.91 Å². The van der Waals surface area contributed by atoms with Crippen molar-refractivity contribution >= 4 is 29.6 Å². The fraction of sp³-hybridized carbons (Fsp3) is 0.786. The average Bonchev–Trinajstić information content (AvgIpc) is 3.00. The van der Waals surface area contributed by atoms with Crippen molar-refractivity contribution in [1.82, 2.24) is 15.5 Å². The number of thioether (sulfide) groups is 1. The summed E-state index contributed by atoms with van der Waals surface area (Å²) in [6, 6.07) is -0.467. The van der Waals surface area contributed by atoms with Gasteiger partial charge in [-0.2, -0.15) is 11.8 Å². The third kappa shape index (κ3) is 3.92. The molecule has 2 rings (SSSR count). The summed E-state index contributed by atoms with van der Waals surface area (Å²) in [5, 5.41) is 5.45. The predicted molar refractivity (Wildman–Crippen MR) is 83.6 cm³/mol. The topological polar surface area (TPSA) is 87.7 Å². The van der Waals surface area contributed by atoms with Gasteiger partial charge in [-0.25, -0.2) is 4.79 Å². The number of imide groups is 1. The Morgan fingerprint density at radius 1 is 1.50 bits per heavy atom. The summed E-state index contributed by atoms with van der Waals surface area (Å²) in [4.78, 5) is 37.2. The van der Waals surface area contributed by atoms with E-state index in [1.54, 1.807) is 11.8 Å². The molecule has 0 aliphatic carbocycles. The molecule has 0 radical (unpaired) electrons. The summed E-state index contributed by atoms with van der Waals surface area (Å²) in [5.74, 6) is 0.834. The molecule has 2 heterocycles. The molecule has 1 atom stereocenters. The summed E-state index contributed by atoms with van der Waals surface area (Å²) < 4.78 is 5.37. The molecular formula is C14H23N3O4S. The Morgan fingerprint density at radius 2 is 2.27 bits per heavy atom. The van der Waals surface area contributed by atoms with Gasteiger partial charge in [0, 0.05) is 18.9 Å². The van der Waals surface area contributed by atoms with Gasteiger partial charge in [0.1, 0.15) is 12.1 Å². The molecule has 2 saturated heterocycles.